The minimum Gasteiger partial charge on any atom is -0.321 e. The van der Waals surface area contributed by atoms with Crippen LogP contribution >= 0.6 is 0 Å². The minimum absolute atomic E-state index is 0.537. The first kappa shape index (κ1) is 33.9. The average molecular weight is 773 g/mol. The second-order valence-electron chi connectivity index (χ2n) is 17.6. The molecule has 8 aromatic carbocycles. The first-order valence-electron chi connectivity index (χ1n) is 21.3. The Labute approximate surface area is 352 Å². The van der Waals surface area contributed by atoms with Gasteiger partial charge in [-0.05, 0) is 143 Å². The van der Waals surface area contributed by atoms with Crippen molar-refractivity contribution in [2.75, 3.05) is 32.9 Å². The molecule has 2 spiro atoms. The van der Waals surface area contributed by atoms with Crippen LogP contribution in [0.3, 0.4) is 0 Å². The summed E-state index contributed by atoms with van der Waals surface area (Å²) in [5.74, 6) is 0. The number of rotatable bonds is 0. The number of benzene rings is 8. The molecule has 0 fully saturated rings. The van der Waals surface area contributed by atoms with E-state index in [9.17, 15) is 0 Å². The quantitative estimate of drug-likeness (QED) is 0.152. The van der Waals surface area contributed by atoms with Gasteiger partial charge in [-0.15, -0.1) is 0 Å². The molecule has 8 bridgehead atoms. The van der Waals surface area contributed by atoms with Crippen LogP contribution in [0.5, 0.6) is 0 Å². The zero-order chi connectivity index (χ0) is 40.1. The lowest BCUT2D eigenvalue weighted by atomic mass is 9.67. The van der Waals surface area contributed by atoms with Crippen LogP contribution in [0.2, 0.25) is 0 Å². The van der Waals surface area contributed by atoms with E-state index in [1.165, 1.54) is 112 Å². The summed E-state index contributed by atoms with van der Waals surface area (Å²) in [6.45, 7) is 10.4. The Morgan fingerprint density at radius 1 is 0.350 bits per heavy atom. The molecule has 13 rings (SSSR count). The van der Waals surface area contributed by atoms with E-state index in [0.29, 0.717) is 13.3 Å². The molecule has 0 unspecified atom stereocenters. The number of fused-ring (bicyclic) bond motifs is 30. The summed E-state index contributed by atoms with van der Waals surface area (Å²) in [6.07, 6.45) is 0. The molecule has 8 aromatic rings. The Kier molecular flexibility index (Phi) is 6.66. The van der Waals surface area contributed by atoms with Crippen LogP contribution in [0.4, 0.5) is 34.1 Å². The summed E-state index contributed by atoms with van der Waals surface area (Å²) in [4.78, 5) is 10.7. The van der Waals surface area contributed by atoms with Crippen molar-refractivity contribution in [2.45, 2.75) is 38.8 Å². The third-order valence-electron chi connectivity index (χ3n) is 14.7. The smallest absolute Gasteiger partial charge is 0.170 e. The van der Waals surface area contributed by atoms with E-state index in [-0.39, 0.29) is 0 Å². The fraction of sp³-hybridized carbons (Fsp3) is 0.143. The van der Waals surface area contributed by atoms with Gasteiger partial charge in [-0.2, -0.15) is 0 Å². The molecule has 3 aliphatic heterocycles. The van der Waals surface area contributed by atoms with Crippen molar-refractivity contribution < 1.29 is 0 Å². The van der Waals surface area contributed by atoms with Crippen LogP contribution in [-0.2, 0) is 11.1 Å². The molecule has 0 saturated heterocycles. The summed E-state index contributed by atoms with van der Waals surface area (Å²) < 4.78 is 0. The fourth-order valence-electron chi connectivity index (χ4n) is 11.8. The second-order valence-corrected chi connectivity index (χ2v) is 17.6. The van der Waals surface area contributed by atoms with Crippen molar-refractivity contribution in [2.24, 2.45) is 0 Å². The molecule has 4 heteroatoms. The molecule has 0 radical (unpaired) electrons. The van der Waals surface area contributed by atoms with E-state index in [4.69, 9.17) is 0 Å². The number of nitrogens with zero attached hydrogens (tertiary/aromatic N) is 4. The van der Waals surface area contributed by atoms with E-state index < -0.39 is 11.1 Å². The average Bonchev–Trinajstić information content (AvgIpc) is 4.00. The third-order valence-corrected chi connectivity index (χ3v) is 14.7. The van der Waals surface area contributed by atoms with Crippen molar-refractivity contribution in [3.63, 3.8) is 0 Å². The molecular formula is C56H44N4. The van der Waals surface area contributed by atoms with Gasteiger partial charge in [0.15, 0.2) is 5.66 Å². The number of anilines is 6. The topological polar surface area (TPSA) is 13.0 Å². The van der Waals surface area contributed by atoms with Crippen molar-refractivity contribution >= 4 is 34.1 Å². The molecule has 0 amide bonds. The van der Waals surface area contributed by atoms with Gasteiger partial charge in [-0.1, -0.05) is 121 Å². The van der Waals surface area contributed by atoms with Gasteiger partial charge in [0, 0.05) is 22.5 Å². The molecule has 5 aliphatic rings. The Morgan fingerprint density at radius 3 is 1.12 bits per heavy atom. The van der Waals surface area contributed by atoms with E-state index in [0.717, 1.165) is 0 Å². The maximum Gasteiger partial charge on any atom is 0.170 e. The molecule has 288 valence electrons. The zero-order valence-corrected chi connectivity index (χ0v) is 34.4. The molecule has 0 aromatic heterocycles. The predicted octanol–water partition coefficient (Wildman–Crippen LogP) is 13.0. The normalized spacial score (nSPS) is 16.3. The van der Waals surface area contributed by atoms with Gasteiger partial charge >= 0.3 is 0 Å². The molecule has 0 atom stereocenters. The highest BCUT2D eigenvalue weighted by molar-refractivity contribution is 5.95. The van der Waals surface area contributed by atoms with Crippen LogP contribution < -0.4 is 19.6 Å². The summed E-state index contributed by atoms with van der Waals surface area (Å²) in [5, 5.41) is 0. The Morgan fingerprint density at radius 2 is 0.700 bits per heavy atom. The van der Waals surface area contributed by atoms with Gasteiger partial charge in [0.2, 0.25) is 0 Å². The number of hydrogen-bond acceptors (Lipinski definition) is 4. The predicted molar refractivity (Wildman–Crippen MR) is 247 cm³/mol. The lowest BCUT2D eigenvalue weighted by Crippen LogP contribution is -2.59. The molecule has 4 nitrogen and oxygen atoms in total. The maximum atomic E-state index is 2.74. The first-order valence-corrected chi connectivity index (χ1v) is 21.3. The summed E-state index contributed by atoms with van der Waals surface area (Å²) in [5.41, 5.74) is 24.4. The van der Waals surface area contributed by atoms with E-state index in [1.807, 2.05) is 0 Å². The van der Waals surface area contributed by atoms with Crippen molar-refractivity contribution in [3.05, 3.63) is 225 Å². The lowest BCUT2D eigenvalue weighted by Gasteiger charge is -2.49. The first-order chi connectivity index (χ1) is 29.4. The summed E-state index contributed by atoms with van der Waals surface area (Å²) in [7, 11) is 0. The van der Waals surface area contributed by atoms with Crippen molar-refractivity contribution in [3.8, 4) is 22.3 Å². The molecule has 3 heterocycles. The van der Waals surface area contributed by atoms with E-state index in [2.05, 4.69) is 217 Å². The fourth-order valence-corrected chi connectivity index (χ4v) is 11.8. The molecule has 2 aliphatic carbocycles. The van der Waals surface area contributed by atoms with Gasteiger partial charge < -0.3 is 19.6 Å². The second kappa shape index (κ2) is 11.8. The van der Waals surface area contributed by atoms with Crippen molar-refractivity contribution in [1.82, 2.24) is 0 Å². The standard InChI is InChI=1S/C56H44N4/c1-35-27-51-53(29-37(35)3)59-33-57(51)41-17-13-15-39(31-41)55(47-23-9-5-19-43(47)44-20-6-10-24-48(44)55)40-16-14-18-42(32-40)58-34-60(54-30-38(4)36(2)28-52(54)58)56(59)49-25-11-7-21-45(49)46-22-8-12-26-50(46)56/h5-32H,33-34H2,1-4H3. The van der Waals surface area contributed by atoms with Crippen LogP contribution in [0.1, 0.15) is 55.6 Å². The minimum atomic E-state index is -0.673. The van der Waals surface area contributed by atoms with Crippen LogP contribution in [0, 0.1) is 27.7 Å². The lowest BCUT2D eigenvalue weighted by molar-refractivity contribution is 0.472. The maximum absolute atomic E-state index is 2.74. The zero-order valence-electron chi connectivity index (χ0n) is 34.4. The van der Waals surface area contributed by atoms with Gasteiger partial charge in [-0.3, -0.25) is 0 Å². The molecular weight excluding hydrogens is 729 g/mol. The largest absolute Gasteiger partial charge is 0.321 e. The highest BCUT2D eigenvalue weighted by Gasteiger charge is 2.57. The molecule has 0 N–H and O–H groups in total. The van der Waals surface area contributed by atoms with E-state index >= 15 is 0 Å². The monoisotopic (exact) mass is 772 g/mol. The Hall–Kier alpha value is -7.04. The molecule has 60 heavy (non-hydrogen) atoms. The summed E-state index contributed by atoms with van der Waals surface area (Å²) >= 11 is 0. The van der Waals surface area contributed by atoms with Crippen LogP contribution in [0.25, 0.3) is 22.3 Å². The SMILES string of the molecule is Cc1cc2c(cc1C)N1CN2c2cccc(c2)C2(c3cccc(c3)N3CN(c4cc(C)c(C)cc43)C13c1ccccc1-c1ccccc13)c1ccccc1-c1ccccc12. The number of aryl methyl sites for hydroxylation is 4. The van der Waals surface area contributed by atoms with Gasteiger partial charge in [0.1, 0.15) is 0 Å². The van der Waals surface area contributed by atoms with E-state index in [1.54, 1.807) is 0 Å². The van der Waals surface area contributed by atoms with Crippen LogP contribution in [0.15, 0.2) is 170 Å². The highest BCUT2D eigenvalue weighted by atomic mass is 15.5. The molecule has 0 saturated carbocycles. The highest BCUT2D eigenvalue weighted by Crippen LogP contribution is 2.62. The summed E-state index contributed by atoms with van der Waals surface area (Å²) in [6, 6.07) is 65.4. The van der Waals surface area contributed by atoms with Crippen LogP contribution in [-0.4, -0.2) is 13.3 Å². The number of hydrogen-bond donors (Lipinski definition) is 0. The van der Waals surface area contributed by atoms with Crippen molar-refractivity contribution in [1.29, 1.82) is 0 Å². The van der Waals surface area contributed by atoms with Gasteiger partial charge in [0.25, 0.3) is 0 Å². The third kappa shape index (κ3) is 4.06. The Balaban J connectivity index is 1.19. The van der Waals surface area contributed by atoms with Gasteiger partial charge in [0.05, 0.1) is 41.5 Å². The Bertz CT molecular complexity index is 2950. The van der Waals surface area contributed by atoms with Gasteiger partial charge in [-0.25, -0.2) is 0 Å².